The Morgan fingerprint density at radius 1 is 1.07 bits per heavy atom. The molecule has 0 bridgehead atoms. The van der Waals surface area contributed by atoms with Crippen molar-refractivity contribution in [3.8, 4) is 5.75 Å². The first kappa shape index (κ1) is 19.5. The SMILES string of the molecule is O=C(O)C1CN(C(=O)CCc2cccc(OC3CCCC3)c2)Cc2ccccc21. The second-order valence-electron chi connectivity index (χ2n) is 8.04. The number of carboxylic acids is 1. The van der Waals surface area contributed by atoms with E-state index in [2.05, 4.69) is 0 Å². The molecule has 0 spiro atoms. The van der Waals surface area contributed by atoms with Gasteiger partial charge in [0, 0.05) is 19.5 Å². The minimum atomic E-state index is -0.883. The molecule has 0 radical (unpaired) electrons. The summed E-state index contributed by atoms with van der Waals surface area (Å²) in [6, 6.07) is 15.5. The Labute approximate surface area is 171 Å². The van der Waals surface area contributed by atoms with E-state index in [9.17, 15) is 14.7 Å². The number of aryl methyl sites for hydroxylation is 1. The van der Waals surface area contributed by atoms with Gasteiger partial charge in [-0.3, -0.25) is 9.59 Å². The molecule has 2 aromatic carbocycles. The molecule has 1 aliphatic carbocycles. The van der Waals surface area contributed by atoms with Crippen LogP contribution >= 0.6 is 0 Å². The van der Waals surface area contributed by atoms with E-state index in [1.807, 2.05) is 48.5 Å². The Balaban J connectivity index is 1.38. The van der Waals surface area contributed by atoms with Gasteiger partial charge in [0.1, 0.15) is 5.75 Å². The van der Waals surface area contributed by atoms with Gasteiger partial charge in [-0.2, -0.15) is 0 Å². The Morgan fingerprint density at radius 3 is 2.66 bits per heavy atom. The summed E-state index contributed by atoms with van der Waals surface area (Å²) in [5, 5.41) is 9.59. The molecule has 2 aliphatic rings. The highest BCUT2D eigenvalue weighted by molar-refractivity contribution is 5.81. The Kier molecular flexibility index (Phi) is 5.84. The number of fused-ring (bicyclic) bond motifs is 1. The third-order valence-electron chi connectivity index (χ3n) is 5.98. The maximum absolute atomic E-state index is 12.8. The van der Waals surface area contributed by atoms with Gasteiger partial charge in [0.15, 0.2) is 0 Å². The molecule has 1 atom stereocenters. The Bertz CT molecular complexity index is 888. The fourth-order valence-electron chi connectivity index (χ4n) is 4.39. The van der Waals surface area contributed by atoms with Crippen LogP contribution in [0.15, 0.2) is 48.5 Å². The second-order valence-corrected chi connectivity index (χ2v) is 8.04. The summed E-state index contributed by atoms with van der Waals surface area (Å²) in [6.07, 6.45) is 5.99. The highest BCUT2D eigenvalue weighted by atomic mass is 16.5. The normalized spacial score (nSPS) is 19.0. The van der Waals surface area contributed by atoms with Gasteiger partial charge in [0.2, 0.25) is 5.91 Å². The second kappa shape index (κ2) is 8.68. The van der Waals surface area contributed by atoms with Crippen molar-refractivity contribution in [2.75, 3.05) is 6.54 Å². The highest BCUT2D eigenvalue weighted by Crippen LogP contribution is 2.29. The lowest BCUT2D eigenvalue weighted by Crippen LogP contribution is -2.40. The van der Waals surface area contributed by atoms with Crippen molar-refractivity contribution < 1.29 is 19.4 Å². The third kappa shape index (κ3) is 4.61. The Hall–Kier alpha value is -2.82. The molecule has 1 saturated carbocycles. The van der Waals surface area contributed by atoms with Crippen LogP contribution in [0.5, 0.6) is 5.75 Å². The van der Waals surface area contributed by atoms with E-state index in [0.29, 0.717) is 25.5 Å². The number of aliphatic carboxylic acids is 1. The van der Waals surface area contributed by atoms with Gasteiger partial charge in [-0.15, -0.1) is 0 Å². The number of nitrogens with zero attached hydrogens (tertiary/aromatic N) is 1. The average Bonchev–Trinajstić information content (AvgIpc) is 3.24. The predicted molar refractivity (Wildman–Crippen MR) is 110 cm³/mol. The summed E-state index contributed by atoms with van der Waals surface area (Å²) in [6.45, 7) is 0.708. The zero-order valence-corrected chi connectivity index (χ0v) is 16.5. The van der Waals surface area contributed by atoms with Gasteiger partial charge in [0.05, 0.1) is 12.0 Å². The van der Waals surface area contributed by atoms with Crippen molar-refractivity contribution in [2.24, 2.45) is 0 Å². The standard InChI is InChI=1S/C24H27NO4/c26-23(25-15-18-7-1-4-11-21(18)22(16-25)24(27)28)13-12-17-6-5-10-20(14-17)29-19-8-2-3-9-19/h1,4-7,10-11,14,19,22H,2-3,8-9,12-13,15-16H2,(H,27,28). The van der Waals surface area contributed by atoms with E-state index in [4.69, 9.17) is 4.74 Å². The van der Waals surface area contributed by atoms with Crippen LogP contribution in [0.3, 0.4) is 0 Å². The number of carbonyl (C=O) groups excluding carboxylic acids is 1. The first-order chi connectivity index (χ1) is 14.1. The summed E-state index contributed by atoms with van der Waals surface area (Å²) >= 11 is 0. The van der Waals surface area contributed by atoms with E-state index in [1.165, 1.54) is 12.8 Å². The molecule has 5 heteroatoms. The molecule has 0 aromatic heterocycles. The van der Waals surface area contributed by atoms with E-state index in [0.717, 1.165) is 35.3 Å². The summed E-state index contributed by atoms with van der Waals surface area (Å²) in [4.78, 5) is 26.2. The van der Waals surface area contributed by atoms with Gasteiger partial charge in [0.25, 0.3) is 0 Å². The van der Waals surface area contributed by atoms with Crippen molar-refractivity contribution in [3.63, 3.8) is 0 Å². The first-order valence-electron chi connectivity index (χ1n) is 10.4. The maximum atomic E-state index is 12.8. The van der Waals surface area contributed by atoms with Crippen LogP contribution in [0.1, 0.15) is 54.7 Å². The largest absolute Gasteiger partial charge is 0.490 e. The van der Waals surface area contributed by atoms with Gasteiger partial charge in [-0.05, 0) is 60.9 Å². The van der Waals surface area contributed by atoms with Gasteiger partial charge in [-0.25, -0.2) is 0 Å². The highest BCUT2D eigenvalue weighted by Gasteiger charge is 2.32. The number of ether oxygens (including phenoxy) is 1. The molecular weight excluding hydrogens is 366 g/mol. The van der Waals surface area contributed by atoms with Crippen LogP contribution < -0.4 is 4.74 Å². The number of hydrogen-bond acceptors (Lipinski definition) is 3. The average molecular weight is 393 g/mol. The molecule has 4 rings (SSSR count). The monoisotopic (exact) mass is 393 g/mol. The number of amides is 1. The van der Waals surface area contributed by atoms with Crippen molar-refractivity contribution in [1.82, 2.24) is 4.90 Å². The molecule has 1 amide bonds. The van der Waals surface area contributed by atoms with Crippen molar-refractivity contribution in [3.05, 3.63) is 65.2 Å². The molecule has 1 aliphatic heterocycles. The molecular formula is C24H27NO4. The van der Waals surface area contributed by atoms with Crippen molar-refractivity contribution in [2.45, 2.75) is 57.1 Å². The minimum absolute atomic E-state index is 0.00660. The minimum Gasteiger partial charge on any atom is -0.490 e. The Morgan fingerprint density at radius 2 is 1.86 bits per heavy atom. The summed E-state index contributed by atoms with van der Waals surface area (Å²) < 4.78 is 6.06. The molecule has 152 valence electrons. The summed E-state index contributed by atoms with van der Waals surface area (Å²) in [7, 11) is 0. The van der Waals surface area contributed by atoms with Gasteiger partial charge in [-0.1, -0.05) is 36.4 Å². The quantitative estimate of drug-likeness (QED) is 0.801. The zero-order chi connectivity index (χ0) is 20.2. The predicted octanol–water partition coefficient (Wildman–Crippen LogP) is 4.15. The van der Waals surface area contributed by atoms with E-state index in [-0.39, 0.29) is 12.5 Å². The lowest BCUT2D eigenvalue weighted by Gasteiger charge is -2.33. The van der Waals surface area contributed by atoms with Gasteiger partial charge < -0.3 is 14.7 Å². The summed E-state index contributed by atoms with van der Waals surface area (Å²) in [5.74, 6) is -0.675. The molecule has 0 saturated heterocycles. The molecule has 5 nitrogen and oxygen atoms in total. The number of carbonyl (C=O) groups is 2. The van der Waals surface area contributed by atoms with E-state index < -0.39 is 11.9 Å². The number of carboxylic acid groups (broad SMARTS) is 1. The molecule has 1 unspecified atom stereocenters. The molecule has 1 heterocycles. The topological polar surface area (TPSA) is 66.8 Å². The smallest absolute Gasteiger partial charge is 0.312 e. The lowest BCUT2D eigenvalue weighted by atomic mass is 9.89. The fraction of sp³-hybridized carbons (Fsp3) is 0.417. The van der Waals surface area contributed by atoms with Crippen LogP contribution in [0, 0.1) is 0 Å². The molecule has 1 N–H and O–H groups in total. The van der Waals surface area contributed by atoms with Crippen molar-refractivity contribution >= 4 is 11.9 Å². The first-order valence-corrected chi connectivity index (χ1v) is 10.4. The van der Waals surface area contributed by atoms with Crippen LogP contribution in [-0.4, -0.2) is 34.5 Å². The molecule has 2 aromatic rings. The lowest BCUT2D eigenvalue weighted by molar-refractivity contribution is -0.141. The van der Waals surface area contributed by atoms with E-state index >= 15 is 0 Å². The third-order valence-corrected chi connectivity index (χ3v) is 5.98. The van der Waals surface area contributed by atoms with E-state index in [1.54, 1.807) is 4.90 Å². The molecule has 1 fully saturated rings. The zero-order valence-electron chi connectivity index (χ0n) is 16.5. The van der Waals surface area contributed by atoms with Crippen LogP contribution in [-0.2, 0) is 22.6 Å². The maximum Gasteiger partial charge on any atom is 0.312 e. The van der Waals surface area contributed by atoms with Gasteiger partial charge >= 0.3 is 5.97 Å². The fourth-order valence-corrected chi connectivity index (χ4v) is 4.39. The number of hydrogen-bond donors (Lipinski definition) is 1. The number of rotatable bonds is 6. The summed E-state index contributed by atoms with van der Waals surface area (Å²) in [5.41, 5.74) is 2.81. The number of benzene rings is 2. The molecule has 29 heavy (non-hydrogen) atoms. The van der Waals surface area contributed by atoms with Crippen LogP contribution in [0.25, 0.3) is 0 Å². The van der Waals surface area contributed by atoms with Crippen LogP contribution in [0.4, 0.5) is 0 Å². The van der Waals surface area contributed by atoms with Crippen LogP contribution in [0.2, 0.25) is 0 Å². The van der Waals surface area contributed by atoms with Crippen molar-refractivity contribution in [1.29, 1.82) is 0 Å².